The topological polar surface area (TPSA) is 156 Å². The quantitative estimate of drug-likeness (QED) is 0.278. The molecule has 0 atom stereocenters. The summed E-state index contributed by atoms with van der Waals surface area (Å²) in [5.41, 5.74) is 0.312. The number of nitro groups is 1. The molecule has 40 heavy (non-hydrogen) atoms. The first-order valence-electron chi connectivity index (χ1n) is 12.3. The highest BCUT2D eigenvalue weighted by molar-refractivity contribution is 7.92. The second-order valence-electron chi connectivity index (χ2n) is 9.10. The molecule has 1 saturated heterocycles. The third-order valence-electron chi connectivity index (χ3n) is 6.45. The number of nitrogens with zero attached hydrogens (tertiary/aromatic N) is 3. The van der Waals surface area contributed by atoms with Crippen LogP contribution in [0.5, 0.6) is 5.75 Å². The highest BCUT2D eigenvalue weighted by Gasteiger charge is 2.30. The van der Waals surface area contributed by atoms with Crippen molar-refractivity contribution < 1.29 is 31.3 Å². The third kappa shape index (κ3) is 6.08. The van der Waals surface area contributed by atoms with Crippen LogP contribution in [-0.4, -0.2) is 58.7 Å². The van der Waals surface area contributed by atoms with E-state index in [0.717, 1.165) is 23.2 Å². The van der Waals surface area contributed by atoms with Gasteiger partial charge in [-0.1, -0.05) is 6.07 Å². The minimum absolute atomic E-state index is 0.0933. The number of carbonyl (C=O) groups is 1. The van der Waals surface area contributed by atoms with Crippen molar-refractivity contribution >= 4 is 43.0 Å². The molecule has 0 saturated carbocycles. The Labute approximate surface area is 232 Å². The summed E-state index contributed by atoms with van der Waals surface area (Å²) in [7, 11) is -6.61. The number of nitrogens with one attached hydrogen (secondary N) is 1. The monoisotopic (exact) mass is 588 g/mol. The molecule has 0 spiro atoms. The molecule has 0 radical (unpaired) electrons. The molecule has 1 heterocycles. The highest BCUT2D eigenvalue weighted by Crippen LogP contribution is 2.29. The second-order valence-corrected chi connectivity index (χ2v) is 12.9. The fraction of sp³-hybridized carbons (Fsp3) is 0.269. The van der Waals surface area contributed by atoms with Gasteiger partial charge >= 0.3 is 0 Å². The molecule has 4 rings (SSSR count). The van der Waals surface area contributed by atoms with Crippen molar-refractivity contribution in [3.63, 3.8) is 0 Å². The summed E-state index contributed by atoms with van der Waals surface area (Å²) < 4.78 is 60.2. The number of methoxy groups -OCH3 is 1. The number of nitro benzene ring substituents is 1. The van der Waals surface area contributed by atoms with Gasteiger partial charge in [-0.05, 0) is 74.4 Å². The van der Waals surface area contributed by atoms with Gasteiger partial charge in [0.15, 0.2) is 0 Å². The zero-order chi connectivity index (χ0) is 29.1. The molecule has 3 aromatic carbocycles. The van der Waals surface area contributed by atoms with Gasteiger partial charge in [-0.2, -0.15) is 4.31 Å². The van der Waals surface area contributed by atoms with Crippen LogP contribution in [0, 0.1) is 17.0 Å². The summed E-state index contributed by atoms with van der Waals surface area (Å²) in [6.45, 7) is 1.75. The predicted molar refractivity (Wildman–Crippen MR) is 148 cm³/mol. The maximum absolute atomic E-state index is 13.7. The van der Waals surface area contributed by atoms with Crippen LogP contribution in [0.4, 0.5) is 17.1 Å². The zero-order valence-corrected chi connectivity index (χ0v) is 23.4. The van der Waals surface area contributed by atoms with E-state index < -0.39 is 37.4 Å². The van der Waals surface area contributed by atoms with Crippen molar-refractivity contribution in [3.05, 3.63) is 82.4 Å². The summed E-state index contributed by atoms with van der Waals surface area (Å²) in [6, 6.07) is 15.1. The van der Waals surface area contributed by atoms with E-state index in [9.17, 15) is 31.7 Å². The normalized spacial score (nSPS) is 14.1. The summed E-state index contributed by atoms with van der Waals surface area (Å²) >= 11 is 0. The molecule has 0 bridgehead atoms. The number of rotatable bonds is 10. The Hall–Kier alpha value is -4.01. The molecular formula is C26H28N4O8S2. The number of benzene rings is 3. The smallest absolute Gasteiger partial charge is 0.273 e. The van der Waals surface area contributed by atoms with Gasteiger partial charge in [0, 0.05) is 30.4 Å². The lowest BCUT2D eigenvalue weighted by Gasteiger charge is -2.24. The van der Waals surface area contributed by atoms with Gasteiger partial charge < -0.3 is 10.1 Å². The van der Waals surface area contributed by atoms with Gasteiger partial charge in [-0.15, -0.1) is 0 Å². The standard InChI is InChI=1S/C26H28N4O8S2/c1-19-5-12-24(17-25(19)30(32)33)40(36,37)29(21-8-10-22(38-2)11-9-21)18-26(31)27-20-6-13-23(14-7-20)39(34,35)28-15-3-4-16-28/h5-14,17H,3-4,15-16,18H2,1-2H3,(H,27,31). The molecule has 0 aliphatic carbocycles. The Balaban J connectivity index is 1.60. The minimum atomic E-state index is -4.43. The van der Waals surface area contributed by atoms with Crippen molar-refractivity contribution in [3.8, 4) is 5.75 Å². The molecule has 1 fully saturated rings. The average molecular weight is 589 g/mol. The van der Waals surface area contributed by atoms with Gasteiger partial charge in [0.25, 0.3) is 15.7 Å². The maximum Gasteiger partial charge on any atom is 0.273 e. The molecule has 1 aliphatic heterocycles. The lowest BCUT2D eigenvalue weighted by molar-refractivity contribution is -0.385. The number of sulfonamides is 2. The van der Waals surface area contributed by atoms with Gasteiger partial charge in [0.2, 0.25) is 15.9 Å². The van der Waals surface area contributed by atoms with E-state index in [4.69, 9.17) is 4.74 Å². The van der Waals surface area contributed by atoms with Gasteiger partial charge in [-0.3, -0.25) is 19.2 Å². The number of anilines is 2. The van der Waals surface area contributed by atoms with Crippen molar-refractivity contribution in [2.45, 2.75) is 29.6 Å². The van der Waals surface area contributed by atoms with Crippen molar-refractivity contribution in [2.75, 3.05) is 36.4 Å². The molecule has 0 unspecified atom stereocenters. The Bertz CT molecular complexity index is 1620. The number of aryl methyl sites for hydroxylation is 1. The largest absolute Gasteiger partial charge is 0.497 e. The van der Waals surface area contributed by atoms with E-state index in [0.29, 0.717) is 18.8 Å². The van der Waals surface area contributed by atoms with Crippen LogP contribution in [-0.2, 0) is 24.8 Å². The molecule has 1 N–H and O–H groups in total. The van der Waals surface area contributed by atoms with Crippen LogP contribution < -0.4 is 14.4 Å². The Morgan fingerprint density at radius 1 is 0.975 bits per heavy atom. The lowest BCUT2D eigenvalue weighted by Crippen LogP contribution is -2.38. The zero-order valence-electron chi connectivity index (χ0n) is 21.8. The Morgan fingerprint density at radius 3 is 2.15 bits per heavy atom. The average Bonchev–Trinajstić information content (AvgIpc) is 3.48. The fourth-order valence-electron chi connectivity index (χ4n) is 4.26. The van der Waals surface area contributed by atoms with Gasteiger partial charge in [0.05, 0.1) is 27.5 Å². The number of amides is 1. The van der Waals surface area contributed by atoms with E-state index in [1.54, 1.807) is 0 Å². The SMILES string of the molecule is COc1ccc(N(CC(=O)Nc2ccc(S(=O)(=O)N3CCCC3)cc2)S(=O)(=O)c2ccc(C)c([N+](=O)[O-])c2)cc1. The van der Waals surface area contributed by atoms with Crippen molar-refractivity contribution in [1.29, 1.82) is 0 Å². The van der Waals surface area contributed by atoms with E-state index in [1.807, 2.05) is 0 Å². The first kappa shape index (κ1) is 29.0. The molecule has 212 valence electrons. The van der Waals surface area contributed by atoms with E-state index in [1.165, 1.54) is 79.0 Å². The first-order chi connectivity index (χ1) is 18.9. The molecule has 3 aromatic rings. The number of carbonyl (C=O) groups excluding carboxylic acids is 1. The summed E-state index contributed by atoms with van der Waals surface area (Å²) in [6.07, 6.45) is 1.60. The highest BCUT2D eigenvalue weighted by atomic mass is 32.2. The van der Waals surface area contributed by atoms with Crippen LogP contribution >= 0.6 is 0 Å². The second kappa shape index (κ2) is 11.6. The molecular weight excluding hydrogens is 560 g/mol. The maximum atomic E-state index is 13.7. The summed E-state index contributed by atoms with van der Waals surface area (Å²) in [4.78, 5) is 23.5. The molecule has 12 nitrogen and oxygen atoms in total. The van der Waals surface area contributed by atoms with Gasteiger partial charge in [0.1, 0.15) is 12.3 Å². The van der Waals surface area contributed by atoms with Crippen LogP contribution in [0.15, 0.2) is 76.5 Å². The summed E-state index contributed by atoms with van der Waals surface area (Å²) in [5.74, 6) is -0.253. The van der Waals surface area contributed by atoms with E-state index >= 15 is 0 Å². The van der Waals surface area contributed by atoms with Crippen molar-refractivity contribution in [2.24, 2.45) is 0 Å². The lowest BCUT2D eigenvalue weighted by atomic mass is 10.2. The minimum Gasteiger partial charge on any atom is -0.497 e. The molecule has 14 heteroatoms. The van der Waals surface area contributed by atoms with Crippen molar-refractivity contribution in [1.82, 2.24) is 4.31 Å². The van der Waals surface area contributed by atoms with Crippen LogP contribution in [0.3, 0.4) is 0 Å². The molecule has 0 aromatic heterocycles. The Kier molecular flexibility index (Phi) is 8.42. The molecule has 1 amide bonds. The number of hydrogen-bond donors (Lipinski definition) is 1. The summed E-state index contributed by atoms with van der Waals surface area (Å²) in [5, 5.41) is 14.0. The van der Waals surface area contributed by atoms with Crippen LogP contribution in [0.1, 0.15) is 18.4 Å². The van der Waals surface area contributed by atoms with E-state index in [2.05, 4.69) is 5.32 Å². The fourth-order valence-corrected chi connectivity index (χ4v) is 7.21. The van der Waals surface area contributed by atoms with Crippen LogP contribution in [0.25, 0.3) is 0 Å². The van der Waals surface area contributed by atoms with Gasteiger partial charge in [-0.25, -0.2) is 16.8 Å². The van der Waals surface area contributed by atoms with Crippen LogP contribution in [0.2, 0.25) is 0 Å². The number of ether oxygens (including phenoxy) is 1. The first-order valence-corrected chi connectivity index (χ1v) is 15.1. The Morgan fingerprint density at radius 2 is 1.57 bits per heavy atom. The number of hydrogen-bond acceptors (Lipinski definition) is 8. The molecule has 1 aliphatic rings. The predicted octanol–water partition coefficient (Wildman–Crippen LogP) is 3.53. The third-order valence-corrected chi connectivity index (χ3v) is 10.1. The van der Waals surface area contributed by atoms with E-state index in [-0.39, 0.29) is 32.4 Å².